The molecule has 5 heteroatoms. The molecule has 3 nitrogen and oxygen atoms in total. The molecule has 112 valence electrons. The van der Waals surface area contributed by atoms with E-state index < -0.39 is 5.82 Å². The molecule has 0 unspecified atom stereocenters. The number of methoxy groups -OCH3 is 1. The predicted octanol–water partition coefficient (Wildman–Crippen LogP) is 4.01. The standard InChI is InChI=1S/C16H17ClFNO2/c1-20-9-8-19-11-12-2-7-16(15(18)10-12)21-14-5-3-13(17)4-6-14/h2-7,10,19H,8-9,11H2,1H3. The van der Waals surface area contributed by atoms with E-state index in [0.717, 1.165) is 12.1 Å². The highest BCUT2D eigenvalue weighted by Gasteiger charge is 2.06. The molecule has 0 saturated heterocycles. The summed E-state index contributed by atoms with van der Waals surface area (Å²) < 4.78 is 24.4. The number of benzene rings is 2. The molecular weight excluding hydrogens is 293 g/mol. The fraction of sp³-hybridized carbons (Fsp3) is 0.250. The first-order valence-electron chi connectivity index (χ1n) is 6.60. The molecule has 0 heterocycles. The third-order valence-corrected chi connectivity index (χ3v) is 3.10. The highest BCUT2D eigenvalue weighted by Crippen LogP contribution is 2.26. The van der Waals surface area contributed by atoms with Crippen molar-refractivity contribution < 1.29 is 13.9 Å². The molecule has 21 heavy (non-hydrogen) atoms. The van der Waals surface area contributed by atoms with E-state index in [-0.39, 0.29) is 5.75 Å². The molecule has 1 N–H and O–H groups in total. The maximum atomic E-state index is 14.0. The Labute approximate surface area is 128 Å². The van der Waals surface area contributed by atoms with Crippen LogP contribution in [0.3, 0.4) is 0 Å². The van der Waals surface area contributed by atoms with E-state index in [4.69, 9.17) is 21.1 Å². The van der Waals surface area contributed by atoms with Crippen LogP contribution >= 0.6 is 11.6 Å². The second-order valence-electron chi connectivity index (χ2n) is 4.49. The summed E-state index contributed by atoms with van der Waals surface area (Å²) in [6.45, 7) is 1.93. The minimum absolute atomic E-state index is 0.193. The van der Waals surface area contributed by atoms with Crippen LogP contribution in [0.4, 0.5) is 4.39 Å². The van der Waals surface area contributed by atoms with Crippen molar-refractivity contribution in [1.29, 1.82) is 0 Å². The lowest BCUT2D eigenvalue weighted by molar-refractivity contribution is 0.199. The van der Waals surface area contributed by atoms with Gasteiger partial charge in [0, 0.05) is 25.2 Å². The van der Waals surface area contributed by atoms with Gasteiger partial charge in [-0.1, -0.05) is 17.7 Å². The minimum atomic E-state index is -0.393. The van der Waals surface area contributed by atoms with Gasteiger partial charge < -0.3 is 14.8 Å². The van der Waals surface area contributed by atoms with Crippen LogP contribution in [0.25, 0.3) is 0 Å². The van der Waals surface area contributed by atoms with Crippen molar-refractivity contribution in [2.45, 2.75) is 6.54 Å². The number of nitrogens with one attached hydrogen (secondary N) is 1. The van der Waals surface area contributed by atoms with Crippen LogP contribution in [-0.2, 0) is 11.3 Å². The van der Waals surface area contributed by atoms with Gasteiger partial charge in [0.1, 0.15) is 5.75 Å². The molecule has 0 aliphatic rings. The quantitative estimate of drug-likeness (QED) is 0.784. The summed E-state index contributed by atoms with van der Waals surface area (Å²) in [6.07, 6.45) is 0. The zero-order valence-electron chi connectivity index (χ0n) is 11.7. The zero-order valence-corrected chi connectivity index (χ0v) is 12.5. The number of hydrogen-bond donors (Lipinski definition) is 1. The zero-order chi connectivity index (χ0) is 15.1. The van der Waals surface area contributed by atoms with Crippen molar-refractivity contribution in [2.75, 3.05) is 20.3 Å². The summed E-state index contributed by atoms with van der Waals surface area (Å²) in [5, 5.41) is 3.77. The lowest BCUT2D eigenvalue weighted by atomic mass is 10.2. The average Bonchev–Trinajstić information content (AvgIpc) is 2.48. The van der Waals surface area contributed by atoms with E-state index in [1.807, 2.05) is 6.07 Å². The van der Waals surface area contributed by atoms with Crippen LogP contribution in [0.15, 0.2) is 42.5 Å². The van der Waals surface area contributed by atoms with Crippen molar-refractivity contribution in [3.8, 4) is 11.5 Å². The Morgan fingerprint density at radius 1 is 1.14 bits per heavy atom. The first-order chi connectivity index (χ1) is 10.2. The number of rotatable bonds is 7. The van der Waals surface area contributed by atoms with E-state index in [9.17, 15) is 4.39 Å². The molecule has 0 aliphatic heterocycles. The number of ether oxygens (including phenoxy) is 2. The van der Waals surface area contributed by atoms with Gasteiger partial charge in [0.15, 0.2) is 11.6 Å². The number of hydrogen-bond acceptors (Lipinski definition) is 3. The summed E-state index contributed by atoms with van der Waals surface area (Å²) in [7, 11) is 1.64. The first kappa shape index (κ1) is 15.8. The molecule has 0 radical (unpaired) electrons. The molecule has 0 amide bonds. The van der Waals surface area contributed by atoms with Crippen molar-refractivity contribution in [3.63, 3.8) is 0 Å². The van der Waals surface area contributed by atoms with Gasteiger partial charge in [-0.05, 0) is 42.0 Å². The van der Waals surface area contributed by atoms with Gasteiger partial charge in [-0.2, -0.15) is 0 Å². The second-order valence-corrected chi connectivity index (χ2v) is 4.93. The molecule has 0 saturated carbocycles. The summed E-state index contributed by atoms with van der Waals surface area (Å²) in [5.41, 5.74) is 0.854. The number of halogens is 2. The van der Waals surface area contributed by atoms with Crippen molar-refractivity contribution >= 4 is 11.6 Å². The van der Waals surface area contributed by atoms with Gasteiger partial charge in [-0.25, -0.2) is 4.39 Å². The Morgan fingerprint density at radius 2 is 1.90 bits per heavy atom. The maximum Gasteiger partial charge on any atom is 0.166 e. The van der Waals surface area contributed by atoms with Crippen LogP contribution in [0.2, 0.25) is 5.02 Å². The van der Waals surface area contributed by atoms with Crippen LogP contribution < -0.4 is 10.1 Å². The van der Waals surface area contributed by atoms with Crippen LogP contribution in [0.1, 0.15) is 5.56 Å². The third-order valence-electron chi connectivity index (χ3n) is 2.85. The average molecular weight is 310 g/mol. The van der Waals surface area contributed by atoms with Crippen LogP contribution in [-0.4, -0.2) is 20.3 Å². The summed E-state index contributed by atoms with van der Waals surface area (Å²) in [6, 6.07) is 11.7. The second kappa shape index (κ2) is 7.98. The molecule has 0 bridgehead atoms. The van der Waals surface area contributed by atoms with Crippen molar-refractivity contribution in [3.05, 3.63) is 58.9 Å². The summed E-state index contributed by atoms with van der Waals surface area (Å²) >= 11 is 5.79. The predicted molar refractivity (Wildman–Crippen MR) is 81.5 cm³/mol. The molecule has 0 spiro atoms. The maximum absolute atomic E-state index is 14.0. The van der Waals surface area contributed by atoms with Gasteiger partial charge >= 0.3 is 0 Å². The molecule has 0 fully saturated rings. The third kappa shape index (κ3) is 5.01. The summed E-state index contributed by atoms with van der Waals surface area (Å²) in [4.78, 5) is 0. The molecule has 0 aliphatic carbocycles. The smallest absolute Gasteiger partial charge is 0.166 e. The Bertz CT molecular complexity index is 575. The van der Waals surface area contributed by atoms with Crippen LogP contribution in [0, 0.1) is 5.82 Å². The van der Waals surface area contributed by atoms with E-state index in [0.29, 0.717) is 23.9 Å². The Balaban J connectivity index is 1.97. The largest absolute Gasteiger partial charge is 0.454 e. The fourth-order valence-corrected chi connectivity index (χ4v) is 1.90. The van der Waals surface area contributed by atoms with Crippen molar-refractivity contribution in [2.24, 2.45) is 0 Å². The highest BCUT2D eigenvalue weighted by molar-refractivity contribution is 6.30. The molecule has 0 atom stereocenters. The van der Waals surface area contributed by atoms with E-state index in [1.54, 1.807) is 37.4 Å². The lowest BCUT2D eigenvalue weighted by Gasteiger charge is -2.09. The molecule has 2 aromatic carbocycles. The molecule has 2 rings (SSSR count). The monoisotopic (exact) mass is 309 g/mol. The summed E-state index contributed by atoms with van der Waals surface area (Å²) in [5.74, 6) is 0.346. The molecular formula is C16H17ClFNO2. The normalized spacial score (nSPS) is 10.6. The Kier molecular flexibility index (Phi) is 5.99. The first-order valence-corrected chi connectivity index (χ1v) is 6.98. The minimum Gasteiger partial charge on any atom is -0.454 e. The van der Waals surface area contributed by atoms with Gasteiger partial charge in [0.05, 0.1) is 6.61 Å². The molecule has 2 aromatic rings. The lowest BCUT2D eigenvalue weighted by Crippen LogP contribution is -2.18. The van der Waals surface area contributed by atoms with Crippen molar-refractivity contribution in [1.82, 2.24) is 5.32 Å². The van der Waals surface area contributed by atoms with Gasteiger partial charge in [-0.15, -0.1) is 0 Å². The topological polar surface area (TPSA) is 30.5 Å². The van der Waals surface area contributed by atoms with E-state index >= 15 is 0 Å². The Hall–Kier alpha value is -1.62. The van der Waals surface area contributed by atoms with E-state index in [2.05, 4.69) is 5.32 Å². The Morgan fingerprint density at radius 3 is 2.57 bits per heavy atom. The SMILES string of the molecule is COCCNCc1ccc(Oc2ccc(Cl)cc2)c(F)c1. The van der Waals surface area contributed by atoms with Gasteiger partial charge in [0.25, 0.3) is 0 Å². The highest BCUT2D eigenvalue weighted by atomic mass is 35.5. The van der Waals surface area contributed by atoms with Gasteiger partial charge in [-0.3, -0.25) is 0 Å². The molecule has 0 aromatic heterocycles. The van der Waals surface area contributed by atoms with Gasteiger partial charge in [0.2, 0.25) is 0 Å². The van der Waals surface area contributed by atoms with E-state index in [1.165, 1.54) is 6.07 Å². The fourth-order valence-electron chi connectivity index (χ4n) is 1.77. The van der Waals surface area contributed by atoms with Crippen LogP contribution in [0.5, 0.6) is 11.5 Å².